The third-order valence-corrected chi connectivity index (χ3v) is 14.9. The van der Waals surface area contributed by atoms with E-state index in [-0.39, 0.29) is 0 Å². The van der Waals surface area contributed by atoms with Gasteiger partial charge in [-0.15, -0.1) is 0 Å². The number of rotatable bonds is 10. The summed E-state index contributed by atoms with van der Waals surface area (Å²) in [6.07, 6.45) is 0. The second-order valence-corrected chi connectivity index (χ2v) is 19.2. The van der Waals surface area contributed by atoms with Crippen LogP contribution in [0, 0.1) is 0 Å². The Morgan fingerprint density at radius 2 is 0.667 bits per heavy atom. The van der Waals surface area contributed by atoms with Crippen molar-refractivity contribution >= 4 is 60.8 Å². The van der Waals surface area contributed by atoms with Crippen LogP contribution >= 0.6 is 0 Å². The van der Waals surface area contributed by atoms with Crippen LogP contribution in [0.25, 0.3) is 116 Å². The molecule has 2 aromatic heterocycles. The molecule has 0 atom stereocenters. The first-order chi connectivity index (χ1) is 37.2. The highest BCUT2D eigenvalue weighted by Crippen LogP contribution is 2.45. The van der Waals surface area contributed by atoms with Gasteiger partial charge in [0.2, 0.25) is 0 Å². The number of furan rings is 1. The first-order valence-corrected chi connectivity index (χ1v) is 25.7. The highest BCUT2D eigenvalue weighted by Gasteiger charge is 2.21. The van der Waals surface area contributed by atoms with Crippen LogP contribution in [0.15, 0.2) is 296 Å². The molecular formula is C72H48N2O. The minimum Gasteiger partial charge on any atom is -0.455 e. The molecule has 0 unspecified atom stereocenters. The number of benzene rings is 12. The highest BCUT2D eigenvalue weighted by molar-refractivity contribution is 6.11. The highest BCUT2D eigenvalue weighted by atomic mass is 16.3. The van der Waals surface area contributed by atoms with Crippen LogP contribution in [-0.2, 0) is 0 Å². The molecule has 352 valence electrons. The first-order valence-electron chi connectivity index (χ1n) is 25.7. The quantitative estimate of drug-likeness (QED) is 0.136. The summed E-state index contributed by atoms with van der Waals surface area (Å²) in [5.74, 6) is 0. The Balaban J connectivity index is 0.831. The number of anilines is 3. The van der Waals surface area contributed by atoms with E-state index >= 15 is 0 Å². The normalized spacial score (nSPS) is 11.5. The summed E-state index contributed by atoms with van der Waals surface area (Å²) in [6, 6.07) is 105. The molecule has 14 aromatic rings. The van der Waals surface area contributed by atoms with Gasteiger partial charge < -0.3 is 13.9 Å². The van der Waals surface area contributed by atoms with Crippen molar-refractivity contribution in [3.05, 3.63) is 291 Å². The second-order valence-electron chi connectivity index (χ2n) is 19.2. The molecule has 3 heteroatoms. The molecule has 0 saturated carbocycles. The van der Waals surface area contributed by atoms with E-state index in [9.17, 15) is 0 Å². The van der Waals surface area contributed by atoms with Crippen LogP contribution in [0.4, 0.5) is 17.1 Å². The molecule has 2 heterocycles. The minimum atomic E-state index is 0.897. The Kier molecular flexibility index (Phi) is 10.8. The number of para-hydroxylation sites is 6. The lowest BCUT2D eigenvalue weighted by atomic mass is 9.93. The van der Waals surface area contributed by atoms with E-state index in [1.165, 1.54) is 44.1 Å². The third kappa shape index (κ3) is 7.78. The Morgan fingerprint density at radius 1 is 0.253 bits per heavy atom. The molecule has 0 aliphatic rings. The molecule has 75 heavy (non-hydrogen) atoms. The van der Waals surface area contributed by atoms with Gasteiger partial charge in [0.1, 0.15) is 11.2 Å². The monoisotopic (exact) mass is 956 g/mol. The van der Waals surface area contributed by atoms with Crippen LogP contribution in [0.3, 0.4) is 0 Å². The maximum Gasteiger partial charge on any atom is 0.143 e. The van der Waals surface area contributed by atoms with Crippen molar-refractivity contribution in [2.24, 2.45) is 0 Å². The van der Waals surface area contributed by atoms with Gasteiger partial charge in [0.25, 0.3) is 0 Å². The van der Waals surface area contributed by atoms with Crippen molar-refractivity contribution in [2.75, 3.05) is 4.90 Å². The average Bonchev–Trinajstić information content (AvgIpc) is 4.06. The SMILES string of the molecule is c1ccc(-c2ccc(-c3ccccc3N(c3ccc(-c4ccc(-c5ccccc5-n5c6ccccc6c6ccccc65)cc4)cc3)c3ccc(-c4ccccc4-c4cccc5c4oc4ccccc45)cc3)cc2)cc1. The first kappa shape index (κ1) is 43.8. The molecule has 0 bridgehead atoms. The Morgan fingerprint density at radius 3 is 1.32 bits per heavy atom. The van der Waals surface area contributed by atoms with Gasteiger partial charge in [-0.05, 0) is 105 Å². The zero-order valence-corrected chi connectivity index (χ0v) is 41.0. The summed E-state index contributed by atoms with van der Waals surface area (Å²) in [7, 11) is 0. The number of hydrogen-bond donors (Lipinski definition) is 0. The fraction of sp³-hybridized carbons (Fsp3) is 0. The maximum absolute atomic E-state index is 6.55. The largest absolute Gasteiger partial charge is 0.455 e. The van der Waals surface area contributed by atoms with E-state index < -0.39 is 0 Å². The molecule has 0 aliphatic heterocycles. The predicted octanol–water partition coefficient (Wildman–Crippen LogP) is 20.2. The summed E-state index contributed by atoms with van der Waals surface area (Å²) in [6.45, 7) is 0. The standard InChI is InChI=1S/C72H48N2O/c1-2-17-49(18-3-1)50-33-37-54(38-34-50)59-20-6-11-28-67(59)73(57-47-43-53(44-48-57)58-19-4-5-22-61(58)65-26-16-27-66-64-25-10-15-32-71(64)75-72(65)66)56-45-41-52(42-46-56)51-35-39-55(40-36-51)60-21-7-12-29-68(60)74-69-30-13-8-23-62(69)63-24-9-14-31-70(63)74/h1-48H. The van der Waals surface area contributed by atoms with Crippen molar-refractivity contribution in [3.8, 4) is 72.4 Å². The smallest absolute Gasteiger partial charge is 0.143 e. The molecule has 0 amide bonds. The molecule has 0 aliphatic carbocycles. The summed E-state index contributed by atoms with van der Waals surface area (Å²) < 4.78 is 8.96. The average molecular weight is 957 g/mol. The van der Waals surface area contributed by atoms with Crippen LogP contribution in [0.2, 0.25) is 0 Å². The van der Waals surface area contributed by atoms with Gasteiger partial charge in [0, 0.05) is 49.6 Å². The molecule has 0 fully saturated rings. The lowest BCUT2D eigenvalue weighted by molar-refractivity contribution is 0.670. The van der Waals surface area contributed by atoms with Gasteiger partial charge in [-0.25, -0.2) is 0 Å². The summed E-state index contributed by atoms with van der Waals surface area (Å²) >= 11 is 0. The van der Waals surface area contributed by atoms with Crippen molar-refractivity contribution in [3.63, 3.8) is 0 Å². The molecule has 0 spiro atoms. The lowest BCUT2D eigenvalue weighted by Crippen LogP contribution is -2.11. The van der Waals surface area contributed by atoms with Crippen LogP contribution in [0.5, 0.6) is 0 Å². The Labute approximate surface area is 436 Å². The zero-order chi connectivity index (χ0) is 49.7. The molecule has 3 nitrogen and oxygen atoms in total. The van der Waals surface area contributed by atoms with Gasteiger partial charge in [-0.3, -0.25) is 0 Å². The number of fused-ring (bicyclic) bond motifs is 6. The van der Waals surface area contributed by atoms with E-state index in [2.05, 4.69) is 289 Å². The third-order valence-electron chi connectivity index (χ3n) is 14.9. The lowest BCUT2D eigenvalue weighted by Gasteiger charge is -2.28. The molecule has 0 saturated heterocycles. The second kappa shape index (κ2) is 18.6. The van der Waals surface area contributed by atoms with Gasteiger partial charge >= 0.3 is 0 Å². The van der Waals surface area contributed by atoms with Crippen molar-refractivity contribution < 1.29 is 4.42 Å². The fourth-order valence-electron chi connectivity index (χ4n) is 11.3. The minimum absolute atomic E-state index is 0.897. The zero-order valence-electron chi connectivity index (χ0n) is 41.0. The molecular weight excluding hydrogens is 909 g/mol. The molecule has 12 aromatic carbocycles. The van der Waals surface area contributed by atoms with Crippen molar-refractivity contribution in [1.82, 2.24) is 4.57 Å². The van der Waals surface area contributed by atoms with Crippen LogP contribution in [-0.4, -0.2) is 4.57 Å². The summed E-state index contributed by atoms with van der Waals surface area (Å²) in [5, 5.41) is 4.77. The van der Waals surface area contributed by atoms with E-state index in [1.807, 2.05) is 12.1 Å². The van der Waals surface area contributed by atoms with E-state index in [1.54, 1.807) is 0 Å². The fourth-order valence-corrected chi connectivity index (χ4v) is 11.3. The van der Waals surface area contributed by atoms with Gasteiger partial charge in [-0.1, -0.05) is 237 Å². The van der Waals surface area contributed by atoms with Crippen molar-refractivity contribution in [1.29, 1.82) is 0 Å². The molecule has 0 radical (unpaired) electrons. The van der Waals surface area contributed by atoms with Crippen LogP contribution < -0.4 is 4.90 Å². The summed E-state index contributed by atoms with van der Waals surface area (Å²) in [4.78, 5) is 2.39. The van der Waals surface area contributed by atoms with Gasteiger partial charge in [0.15, 0.2) is 0 Å². The van der Waals surface area contributed by atoms with Crippen LogP contribution in [0.1, 0.15) is 0 Å². The molecule has 14 rings (SSSR count). The number of hydrogen-bond acceptors (Lipinski definition) is 2. The van der Waals surface area contributed by atoms with Gasteiger partial charge in [0.05, 0.1) is 22.4 Å². The topological polar surface area (TPSA) is 21.3 Å². The summed E-state index contributed by atoms with van der Waals surface area (Å²) in [5.41, 5.74) is 22.4. The maximum atomic E-state index is 6.55. The van der Waals surface area contributed by atoms with E-state index in [4.69, 9.17) is 4.42 Å². The van der Waals surface area contributed by atoms with Gasteiger partial charge in [-0.2, -0.15) is 0 Å². The predicted molar refractivity (Wildman–Crippen MR) is 315 cm³/mol. The van der Waals surface area contributed by atoms with E-state index in [0.717, 1.165) is 89.2 Å². The van der Waals surface area contributed by atoms with E-state index in [0.29, 0.717) is 0 Å². The molecule has 0 N–H and O–H groups in total. The van der Waals surface area contributed by atoms with Crippen molar-refractivity contribution in [2.45, 2.75) is 0 Å². The Bertz CT molecular complexity index is 4320. The number of aromatic nitrogens is 1. The Hall–Kier alpha value is -9.96. The number of nitrogens with zero attached hydrogens (tertiary/aromatic N) is 2.